The van der Waals surface area contributed by atoms with Gasteiger partial charge in [0.2, 0.25) is 0 Å². The third kappa shape index (κ3) is 4.58. The first-order valence-corrected chi connectivity index (χ1v) is 13.5. The fourth-order valence-electron chi connectivity index (χ4n) is 4.95. The first kappa shape index (κ1) is 23.9. The molecule has 1 saturated heterocycles. The molecule has 2 aliphatic heterocycles. The van der Waals surface area contributed by atoms with E-state index in [0.717, 1.165) is 0 Å². The molecule has 0 radical (unpaired) electrons. The number of rotatable bonds is 6. The standard InChI is InChI=1S/C27H34O5Si/c1-25(2,3)33(21-13-8-6-9-14-21,22-15-10-7-11-16-22)30-20-27(18-12-17-24(28)32-27)23-19-29-26(4,5)31-23/h6-17,23H,18-20H2,1-5H3/t23-,27-/m0/s1. The van der Waals surface area contributed by atoms with Crippen molar-refractivity contribution < 1.29 is 23.4 Å². The fraction of sp³-hybridized carbons (Fsp3) is 0.444. The van der Waals surface area contributed by atoms with E-state index in [4.69, 9.17) is 18.6 Å². The van der Waals surface area contributed by atoms with Gasteiger partial charge in [-0.25, -0.2) is 4.79 Å². The molecule has 0 aliphatic carbocycles. The van der Waals surface area contributed by atoms with Crippen molar-refractivity contribution in [3.63, 3.8) is 0 Å². The van der Waals surface area contributed by atoms with E-state index in [9.17, 15) is 4.79 Å². The maximum absolute atomic E-state index is 12.4. The van der Waals surface area contributed by atoms with Crippen LogP contribution in [-0.2, 0) is 23.4 Å². The van der Waals surface area contributed by atoms with Crippen LogP contribution >= 0.6 is 0 Å². The first-order chi connectivity index (χ1) is 15.6. The normalized spacial score (nSPS) is 25.1. The highest BCUT2D eigenvalue weighted by Crippen LogP contribution is 2.40. The van der Waals surface area contributed by atoms with Crippen molar-refractivity contribution in [1.29, 1.82) is 0 Å². The fourth-order valence-corrected chi connectivity index (χ4v) is 9.56. The van der Waals surface area contributed by atoms with E-state index < -0.39 is 25.8 Å². The lowest BCUT2D eigenvalue weighted by Gasteiger charge is -2.46. The molecule has 6 heteroatoms. The summed E-state index contributed by atoms with van der Waals surface area (Å²) in [6.07, 6.45) is 3.43. The third-order valence-corrected chi connectivity index (χ3v) is 11.5. The minimum absolute atomic E-state index is 0.183. The summed E-state index contributed by atoms with van der Waals surface area (Å²) in [5.74, 6) is -1.11. The molecular formula is C27H34O5Si. The van der Waals surface area contributed by atoms with Gasteiger partial charge in [0.1, 0.15) is 6.10 Å². The number of carbonyl (C=O) groups excluding carboxylic acids is 1. The maximum Gasteiger partial charge on any atom is 0.331 e. The number of benzene rings is 2. The van der Waals surface area contributed by atoms with Crippen LogP contribution in [0.15, 0.2) is 72.8 Å². The van der Waals surface area contributed by atoms with Crippen molar-refractivity contribution in [2.75, 3.05) is 13.2 Å². The summed E-state index contributed by atoms with van der Waals surface area (Å²) in [5.41, 5.74) is -0.952. The second-order valence-electron chi connectivity index (χ2n) is 10.4. The molecule has 2 heterocycles. The molecule has 4 rings (SSSR count). The lowest BCUT2D eigenvalue weighted by atomic mass is 9.92. The molecule has 2 aliphatic rings. The highest BCUT2D eigenvalue weighted by molar-refractivity contribution is 6.99. The van der Waals surface area contributed by atoms with E-state index in [1.807, 2.05) is 32.1 Å². The van der Waals surface area contributed by atoms with Crippen molar-refractivity contribution in [2.45, 2.75) is 63.6 Å². The van der Waals surface area contributed by atoms with Gasteiger partial charge < -0.3 is 18.6 Å². The summed E-state index contributed by atoms with van der Waals surface area (Å²) in [4.78, 5) is 12.4. The Balaban J connectivity index is 1.79. The minimum Gasteiger partial charge on any atom is -0.450 e. The number of ether oxygens (including phenoxy) is 3. The third-order valence-electron chi connectivity index (χ3n) is 6.57. The van der Waals surface area contributed by atoms with E-state index >= 15 is 0 Å². The maximum atomic E-state index is 12.4. The summed E-state index contributed by atoms with van der Waals surface area (Å²) in [6.45, 7) is 11.0. The van der Waals surface area contributed by atoms with Crippen LogP contribution < -0.4 is 10.4 Å². The van der Waals surface area contributed by atoms with Crippen LogP contribution in [0.3, 0.4) is 0 Å². The Hall–Kier alpha value is -2.25. The van der Waals surface area contributed by atoms with Gasteiger partial charge in [-0.15, -0.1) is 0 Å². The Kier molecular flexibility index (Phi) is 6.40. The second kappa shape index (κ2) is 8.84. The van der Waals surface area contributed by atoms with Crippen molar-refractivity contribution in [2.24, 2.45) is 0 Å². The van der Waals surface area contributed by atoms with Crippen molar-refractivity contribution in [3.05, 3.63) is 72.8 Å². The number of esters is 1. The van der Waals surface area contributed by atoms with Crippen LogP contribution in [0.1, 0.15) is 41.0 Å². The number of hydrogen-bond donors (Lipinski definition) is 0. The molecule has 2 aromatic carbocycles. The zero-order valence-electron chi connectivity index (χ0n) is 20.2. The SMILES string of the molecule is CC1(C)OC[C@@H]([C@@]2(CO[Si](c3ccccc3)(c3ccccc3)C(C)(C)C)CC=CC(=O)O2)O1. The molecule has 1 fully saturated rings. The number of carbonyl (C=O) groups is 1. The van der Waals surface area contributed by atoms with Gasteiger partial charge in [-0.3, -0.25) is 0 Å². The van der Waals surface area contributed by atoms with Crippen LogP contribution in [0.25, 0.3) is 0 Å². The van der Waals surface area contributed by atoms with E-state index in [2.05, 4.69) is 69.3 Å². The summed E-state index contributed by atoms with van der Waals surface area (Å²) in [5, 5.41) is 2.18. The molecule has 176 valence electrons. The molecule has 0 aromatic heterocycles. The van der Waals surface area contributed by atoms with Gasteiger partial charge in [-0.05, 0) is 29.3 Å². The van der Waals surface area contributed by atoms with E-state index in [1.54, 1.807) is 0 Å². The molecule has 0 unspecified atom stereocenters. The Labute approximate surface area is 197 Å². The Morgan fingerprint density at radius 3 is 2.03 bits per heavy atom. The highest BCUT2D eigenvalue weighted by atomic mass is 28.4. The van der Waals surface area contributed by atoms with Gasteiger partial charge in [0.15, 0.2) is 11.4 Å². The van der Waals surface area contributed by atoms with E-state index in [0.29, 0.717) is 13.0 Å². The monoisotopic (exact) mass is 466 g/mol. The topological polar surface area (TPSA) is 54.0 Å². The van der Waals surface area contributed by atoms with Crippen LogP contribution in [0.4, 0.5) is 0 Å². The molecule has 5 nitrogen and oxygen atoms in total. The Bertz CT molecular complexity index is 957. The molecule has 33 heavy (non-hydrogen) atoms. The molecule has 2 aromatic rings. The molecule has 2 atom stereocenters. The number of hydrogen-bond acceptors (Lipinski definition) is 5. The van der Waals surface area contributed by atoms with Crippen LogP contribution in [-0.4, -0.2) is 45.0 Å². The highest BCUT2D eigenvalue weighted by Gasteiger charge is 2.55. The average Bonchev–Trinajstić information content (AvgIpc) is 3.15. The predicted molar refractivity (Wildman–Crippen MR) is 131 cm³/mol. The predicted octanol–water partition coefficient (Wildman–Crippen LogP) is 3.96. The van der Waals surface area contributed by atoms with Gasteiger partial charge in [0, 0.05) is 12.5 Å². The summed E-state index contributed by atoms with van der Waals surface area (Å²) >= 11 is 0. The summed E-state index contributed by atoms with van der Waals surface area (Å²) < 4.78 is 25.2. The lowest BCUT2D eigenvalue weighted by Crippen LogP contribution is -2.68. The quantitative estimate of drug-likeness (QED) is 0.477. The van der Waals surface area contributed by atoms with Gasteiger partial charge >= 0.3 is 5.97 Å². The minimum atomic E-state index is -2.80. The Morgan fingerprint density at radius 2 is 1.58 bits per heavy atom. The van der Waals surface area contributed by atoms with Crippen LogP contribution in [0.5, 0.6) is 0 Å². The second-order valence-corrected chi connectivity index (χ2v) is 14.7. The first-order valence-electron chi connectivity index (χ1n) is 11.5. The van der Waals surface area contributed by atoms with Gasteiger partial charge in [0.25, 0.3) is 8.32 Å². The van der Waals surface area contributed by atoms with Gasteiger partial charge in [-0.1, -0.05) is 87.5 Å². The zero-order chi connectivity index (χ0) is 23.7. The molecule has 0 N–H and O–H groups in total. The largest absolute Gasteiger partial charge is 0.450 e. The van der Waals surface area contributed by atoms with Gasteiger partial charge in [-0.2, -0.15) is 0 Å². The van der Waals surface area contributed by atoms with Crippen LogP contribution in [0, 0.1) is 0 Å². The Morgan fingerprint density at radius 1 is 1.00 bits per heavy atom. The summed E-state index contributed by atoms with van der Waals surface area (Å²) in [6, 6.07) is 20.9. The smallest absolute Gasteiger partial charge is 0.331 e. The van der Waals surface area contributed by atoms with Crippen molar-refractivity contribution in [3.8, 4) is 0 Å². The molecule has 0 bridgehead atoms. The van der Waals surface area contributed by atoms with Crippen molar-refractivity contribution >= 4 is 24.7 Å². The van der Waals surface area contributed by atoms with Gasteiger partial charge in [0.05, 0.1) is 13.2 Å². The molecular weight excluding hydrogens is 432 g/mol. The van der Waals surface area contributed by atoms with Crippen LogP contribution in [0.2, 0.25) is 5.04 Å². The number of cyclic esters (lactones) is 1. The molecule has 0 spiro atoms. The molecule has 0 amide bonds. The zero-order valence-corrected chi connectivity index (χ0v) is 21.2. The summed E-state index contributed by atoms with van der Waals surface area (Å²) in [7, 11) is -2.80. The van der Waals surface area contributed by atoms with E-state index in [1.165, 1.54) is 16.4 Å². The van der Waals surface area contributed by atoms with Crippen molar-refractivity contribution in [1.82, 2.24) is 0 Å². The molecule has 0 saturated carbocycles. The van der Waals surface area contributed by atoms with E-state index in [-0.39, 0.29) is 17.6 Å². The lowest BCUT2D eigenvalue weighted by molar-refractivity contribution is -0.197. The average molecular weight is 467 g/mol.